The highest BCUT2D eigenvalue weighted by molar-refractivity contribution is 6.35. The van der Waals surface area contributed by atoms with Crippen LogP contribution in [0.25, 0.3) is 5.57 Å². The van der Waals surface area contributed by atoms with Crippen molar-refractivity contribution in [1.82, 2.24) is 9.80 Å². The summed E-state index contributed by atoms with van der Waals surface area (Å²) >= 11 is 5.92. The molecule has 0 radical (unpaired) electrons. The topological polar surface area (TPSA) is 83.8 Å². The third kappa shape index (κ3) is 3.80. The molecule has 0 bridgehead atoms. The molecule has 2 aliphatic heterocycles. The first kappa shape index (κ1) is 20.1. The van der Waals surface area contributed by atoms with Crippen LogP contribution in [0.5, 0.6) is 0 Å². The minimum absolute atomic E-state index is 0.0570. The van der Waals surface area contributed by atoms with E-state index in [1.807, 2.05) is 17.0 Å². The number of likely N-dealkylation sites (tertiary alicyclic amines) is 1. The van der Waals surface area contributed by atoms with Gasteiger partial charge in [0.1, 0.15) is 5.70 Å². The van der Waals surface area contributed by atoms with E-state index in [0.29, 0.717) is 28.3 Å². The molecular weight excluding hydrogens is 406 g/mol. The van der Waals surface area contributed by atoms with Gasteiger partial charge in [0.25, 0.3) is 17.5 Å². The van der Waals surface area contributed by atoms with Gasteiger partial charge in [-0.3, -0.25) is 24.6 Å². The summed E-state index contributed by atoms with van der Waals surface area (Å²) in [7, 11) is 0. The van der Waals surface area contributed by atoms with Crippen molar-refractivity contribution in [2.75, 3.05) is 19.6 Å². The van der Waals surface area contributed by atoms with Crippen LogP contribution in [0.1, 0.15) is 24.0 Å². The van der Waals surface area contributed by atoms with E-state index in [2.05, 4.69) is 0 Å². The van der Waals surface area contributed by atoms with Crippen molar-refractivity contribution in [3.8, 4) is 0 Å². The summed E-state index contributed by atoms with van der Waals surface area (Å²) in [6.07, 6.45) is 2.45. The zero-order chi connectivity index (χ0) is 21.3. The van der Waals surface area contributed by atoms with Crippen molar-refractivity contribution in [2.45, 2.75) is 19.3 Å². The van der Waals surface area contributed by atoms with Gasteiger partial charge in [0, 0.05) is 36.8 Å². The number of imide groups is 1. The van der Waals surface area contributed by atoms with E-state index < -0.39 is 4.92 Å². The normalized spacial score (nSPS) is 16.7. The van der Waals surface area contributed by atoms with Gasteiger partial charge in [0.05, 0.1) is 10.5 Å². The Balaban J connectivity index is 1.63. The minimum Gasteiger partial charge on any atom is -0.366 e. The van der Waals surface area contributed by atoms with Crippen molar-refractivity contribution in [2.24, 2.45) is 0 Å². The fraction of sp³-hybridized carbons (Fsp3) is 0.273. The summed E-state index contributed by atoms with van der Waals surface area (Å²) in [6.45, 7) is 1.69. The molecule has 154 valence electrons. The number of carbonyl (C=O) groups is 2. The number of rotatable bonds is 6. The third-order valence-electron chi connectivity index (χ3n) is 5.47. The second kappa shape index (κ2) is 8.28. The van der Waals surface area contributed by atoms with Crippen LogP contribution in [0.15, 0.2) is 54.2 Å². The second-order valence-corrected chi connectivity index (χ2v) is 7.80. The fourth-order valence-corrected chi connectivity index (χ4v) is 4.03. The minimum atomic E-state index is -0.487. The molecule has 2 amide bonds. The van der Waals surface area contributed by atoms with Crippen LogP contribution in [0, 0.1) is 10.1 Å². The van der Waals surface area contributed by atoms with Gasteiger partial charge in [0.15, 0.2) is 0 Å². The number of hydrogen-bond acceptors (Lipinski definition) is 5. The maximum Gasteiger partial charge on any atom is 0.277 e. The van der Waals surface area contributed by atoms with Crippen LogP contribution in [-0.4, -0.2) is 46.2 Å². The molecule has 2 aromatic rings. The van der Waals surface area contributed by atoms with E-state index in [4.69, 9.17) is 11.6 Å². The number of hydrogen-bond donors (Lipinski definition) is 0. The quantitative estimate of drug-likeness (QED) is 0.400. The largest absolute Gasteiger partial charge is 0.366 e. The number of non-ortho nitro benzene ring substituents is 1. The van der Waals surface area contributed by atoms with Crippen molar-refractivity contribution >= 4 is 34.7 Å². The summed E-state index contributed by atoms with van der Waals surface area (Å²) in [5.74, 6) is -0.658. The molecule has 0 atom stereocenters. The first-order chi connectivity index (χ1) is 14.5. The zero-order valence-corrected chi connectivity index (χ0v) is 17.0. The molecule has 0 aliphatic carbocycles. The lowest BCUT2D eigenvalue weighted by Crippen LogP contribution is -2.36. The molecule has 8 heteroatoms. The fourth-order valence-electron chi connectivity index (χ4n) is 3.90. The number of nitro groups is 1. The van der Waals surface area contributed by atoms with Gasteiger partial charge in [-0.25, -0.2) is 0 Å². The standard InChI is InChI=1S/C22H20ClN3O4/c23-17-7-3-15(4-8-17)11-14-25-21(27)19(16-5-9-18(10-6-16)26(29)30)20(22(25)28)24-12-1-2-13-24/h3-10H,1-2,11-14H2. The predicted molar refractivity (Wildman–Crippen MR) is 113 cm³/mol. The molecule has 0 spiro atoms. The van der Waals surface area contributed by atoms with Gasteiger partial charge >= 0.3 is 0 Å². The summed E-state index contributed by atoms with van der Waals surface area (Å²) in [5.41, 5.74) is 2.18. The SMILES string of the molecule is O=C1C(c2ccc([N+](=O)[O-])cc2)=C(N2CCCC2)C(=O)N1CCc1ccc(Cl)cc1. The molecule has 2 heterocycles. The Hall–Kier alpha value is -3.19. The Labute approximate surface area is 178 Å². The van der Waals surface area contributed by atoms with Gasteiger partial charge in [-0.2, -0.15) is 0 Å². The zero-order valence-electron chi connectivity index (χ0n) is 16.2. The Kier molecular flexibility index (Phi) is 5.55. The van der Waals surface area contributed by atoms with Crippen molar-refractivity contribution in [3.63, 3.8) is 0 Å². The molecule has 0 saturated carbocycles. The monoisotopic (exact) mass is 425 g/mol. The summed E-state index contributed by atoms with van der Waals surface area (Å²) < 4.78 is 0. The molecule has 4 rings (SSSR count). The first-order valence-corrected chi connectivity index (χ1v) is 10.2. The van der Waals surface area contributed by atoms with E-state index in [1.54, 1.807) is 12.1 Å². The lowest BCUT2D eigenvalue weighted by molar-refractivity contribution is -0.384. The van der Waals surface area contributed by atoms with E-state index in [-0.39, 0.29) is 24.0 Å². The summed E-state index contributed by atoms with van der Waals surface area (Å²) in [4.78, 5) is 40.2. The second-order valence-electron chi connectivity index (χ2n) is 7.36. The molecule has 2 aliphatic rings. The van der Waals surface area contributed by atoms with E-state index in [1.165, 1.54) is 29.2 Å². The van der Waals surface area contributed by atoms with Gasteiger partial charge in [-0.05, 0) is 54.7 Å². The van der Waals surface area contributed by atoms with Gasteiger partial charge in [0.2, 0.25) is 0 Å². The smallest absolute Gasteiger partial charge is 0.277 e. The predicted octanol–water partition coefficient (Wildman–Crippen LogP) is 3.67. The highest BCUT2D eigenvalue weighted by Gasteiger charge is 2.41. The lowest BCUT2D eigenvalue weighted by Gasteiger charge is -2.20. The maximum atomic E-state index is 13.2. The van der Waals surface area contributed by atoms with Crippen molar-refractivity contribution < 1.29 is 14.5 Å². The first-order valence-electron chi connectivity index (χ1n) is 9.80. The third-order valence-corrected chi connectivity index (χ3v) is 5.72. The van der Waals surface area contributed by atoms with Crippen molar-refractivity contribution in [3.05, 3.63) is 80.5 Å². The Bertz CT molecular complexity index is 1030. The highest BCUT2D eigenvalue weighted by atomic mass is 35.5. The molecular formula is C22H20ClN3O4. The van der Waals surface area contributed by atoms with Crippen LogP contribution >= 0.6 is 11.6 Å². The Morgan fingerprint density at radius 2 is 1.57 bits per heavy atom. The van der Waals surface area contributed by atoms with Crippen LogP contribution in [0.2, 0.25) is 5.02 Å². The number of carbonyl (C=O) groups excluding carboxylic acids is 2. The van der Waals surface area contributed by atoms with Crippen LogP contribution in [-0.2, 0) is 16.0 Å². The highest BCUT2D eigenvalue weighted by Crippen LogP contribution is 2.34. The summed E-state index contributed by atoms with van der Waals surface area (Å²) in [5, 5.41) is 11.6. The molecule has 30 heavy (non-hydrogen) atoms. The number of benzene rings is 2. The molecule has 7 nitrogen and oxygen atoms in total. The summed E-state index contributed by atoms with van der Waals surface area (Å²) in [6, 6.07) is 13.1. The van der Waals surface area contributed by atoms with Crippen LogP contribution in [0.4, 0.5) is 5.69 Å². The number of nitro benzene ring substituents is 1. The van der Waals surface area contributed by atoms with Crippen LogP contribution < -0.4 is 0 Å². The van der Waals surface area contributed by atoms with E-state index in [9.17, 15) is 19.7 Å². The Morgan fingerprint density at radius 1 is 0.933 bits per heavy atom. The molecule has 2 aromatic carbocycles. The van der Waals surface area contributed by atoms with Gasteiger partial charge in [-0.1, -0.05) is 23.7 Å². The number of amides is 2. The van der Waals surface area contributed by atoms with Crippen molar-refractivity contribution in [1.29, 1.82) is 0 Å². The molecule has 0 N–H and O–H groups in total. The average molecular weight is 426 g/mol. The molecule has 1 fully saturated rings. The maximum absolute atomic E-state index is 13.2. The van der Waals surface area contributed by atoms with Crippen LogP contribution in [0.3, 0.4) is 0 Å². The van der Waals surface area contributed by atoms with E-state index in [0.717, 1.165) is 31.5 Å². The molecule has 0 unspecified atom stereocenters. The average Bonchev–Trinajstić information content (AvgIpc) is 3.34. The lowest BCUT2D eigenvalue weighted by atomic mass is 10.0. The number of halogens is 1. The Morgan fingerprint density at radius 3 is 2.17 bits per heavy atom. The number of nitrogens with zero attached hydrogens (tertiary/aromatic N) is 3. The molecule has 1 saturated heterocycles. The van der Waals surface area contributed by atoms with Gasteiger partial charge < -0.3 is 4.90 Å². The van der Waals surface area contributed by atoms with E-state index >= 15 is 0 Å². The molecule has 0 aromatic heterocycles. The van der Waals surface area contributed by atoms with Gasteiger partial charge in [-0.15, -0.1) is 0 Å².